The molecule has 0 aliphatic heterocycles. The molecular formula is C18H26N4O2. The smallest absolute Gasteiger partial charge is 0.315 e. The molecule has 2 unspecified atom stereocenters. The van der Waals surface area contributed by atoms with Crippen molar-refractivity contribution in [2.24, 2.45) is 5.92 Å². The molecule has 2 atom stereocenters. The van der Waals surface area contributed by atoms with Gasteiger partial charge in [0.2, 0.25) is 0 Å². The third kappa shape index (κ3) is 4.83. The molecule has 0 aliphatic rings. The molecule has 130 valence electrons. The van der Waals surface area contributed by atoms with Crippen molar-refractivity contribution in [2.45, 2.75) is 39.3 Å². The second-order valence-corrected chi connectivity index (χ2v) is 6.23. The Bertz CT molecular complexity index is 640. The summed E-state index contributed by atoms with van der Waals surface area (Å²) in [7, 11) is 0. The van der Waals surface area contributed by atoms with Crippen molar-refractivity contribution in [2.75, 3.05) is 6.54 Å². The van der Waals surface area contributed by atoms with Gasteiger partial charge in [-0.25, -0.2) is 9.48 Å². The Labute approximate surface area is 142 Å². The number of nitrogens with zero attached hydrogens (tertiary/aromatic N) is 2. The van der Waals surface area contributed by atoms with Crippen LogP contribution >= 0.6 is 0 Å². The maximum atomic E-state index is 12.0. The minimum atomic E-state index is -0.400. The van der Waals surface area contributed by atoms with Crippen molar-refractivity contribution < 1.29 is 9.90 Å². The maximum Gasteiger partial charge on any atom is 0.315 e. The van der Waals surface area contributed by atoms with Crippen LogP contribution in [0.1, 0.15) is 38.8 Å². The Morgan fingerprint density at radius 1 is 1.25 bits per heavy atom. The molecule has 2 rings (SSSR count). The first-order valence-corrected chi connectivity index (χ1v) is 8.30. The number of urea groups is 1. The number of aromatic nitrogens is 2. The third-order valence-corrected chi connectivity index (χ3v) is 4.00. The zero-order chi connectivity index (χ0) is 17.5. The van der Waals surface area contributed by atoms with E-state index in [-0.39, 0.29) is 18.0 Å². The molecule has 0 saturated carbocycles. The summed E-state index contributed by atoms with van der Waals surface area (Å²) >= 11 is 0. The SMILES string of the molecule is CC(NC(=O)NCCC(O)C(C)C)c1ccccc1-n1cccn1. The normalized spacial score (nSPS) is 13.5. The number of benzene rings is 1. The molecule has 1 heterocycles. The average molecular weight is 330 g/mol. The number of aliphatic hydroxyl groups is 1. The van der Waals surface area contributed by atoms with Gasteiger partial charge in [0.1, 0.15) is 0 Å². The molecule has 3 N–H and O–H groups in total. The first-order chi connectivity index (χ1) is 11.5. The highest BCUT2D eigenvalue weighted by atomic mass is 16.3. The summed E-state index contributed by atoms with van der Waals surface area (Å²) in [6.45, 7) is 6.29. The van der Waals surface area contributed by atoms with Crippen molar-refractivity contribution in [1.82, 2.24) is 20.4 Å². The van der Waals surface area contributed by atoms with Crippen LogP contribution in [0.25, 0.3) is 5.69 Å². The van der Waals surface area contributed by atoms with E-state index in [1.165, 1.54) is 0 Å². The average Bonchev–Trinajstić information content (AvgIpc) is 3.08. The number of nitrogens with one attached hydrogen (secondary N) is 2. The fourth-order valence-corrected chi connectivity index (χ4v) is 2.47. The standard InChI is InChI=1S/C18H26N4O2/c1-13(2)17(23)9-11-19-18(24)21-14(3)15-7-4-5-8-16(15)22-12-6-10-20-22/h4-8,10,12-14,17,23H,9,11H2,1-3H3,(H2,19,21,24). The number of rotatable bonds is 7. The van der Waals surface area contributed by atoms with Crippen LogP contribution in [0.2, 0.25) is 0 Å². The summed E-state index contributed by atoms with van der Waals surface area (Å²) in [5.41, 5.74) is 1.92. The van der Waals surface area contributed by atoms with E-state index in [9.17, 15) is 9.90 Å². The van der Waals surface area contributed by atoms with Gasteiger partial charge in [0.25, 0.3) is 0 Å². The van der Waals surface area contributed by atoms with Crippen molar-refractivity contribution >= 4 is 6.03 Å². The molecule has 1 aromatic carbocycles. The molecule has 0 saturated heterocycles. The molecule has 0 bridgehead atoms. The topological polar surface area (TPSA) is 79.2 Å². The van der Waals surface area contributed by atoms with Gasteiger partial charge in [0.15, 0.2) is 0 Å². The molecule has 0 spiro atoms. The number of hydrogen-bond donors (Lipinski definition) is 3. The zero-order valence-electron chi connectivity index (χ0n) is 14.4. The van der Waals surface area contributed by atoms with Crippen LogP contribution in [-0.4, -0.2) is 33.6 Å². The summed E-state index contributed by atoms with van der Waals surface area (Å²) in [5, 5.41) is 19.7. The minimum absolute atomic E-state index is 0.166. The van der Waals surface area contributed by atoms with Crippen LogP contribution in [0.15, 0.2) is 42.7 Å². The van der Waals surface area contributed by atoms with E-state index in [0.29, 0.717) is 13.0 Å². The van der Waals surface area contributed by atoms with E-state index in [4.69, 9.17) is 0 Å². The van der Waals surface area contributed by atoms with E-state index in [1.807, 2.05) is 57.3 Å². The van der Waals surface area contributed by atoms with E-state index in [2.05, 4.69) is 15.7 Å². The lowest BCUT2D eigenvalue weighted by Crippen LogP contribution is -2.38. The Morgan fingerprint density at radius 3 is 2.67 bits per heavy atom. The minimum Gasteiger partial charge on any atom is -0.393 e. The molecule has 1 aromatic heterocycles. The van der Waals surface area contributed by atoms with Gasteiger partial charge < -0.3 is 15.7 Å². The Kier molecular flexibility index (Phi) is 6.37. The van der Waals surface area contributed by atoms with Gasteiger partial charge in [-0.1, -0.05) is 32.0 Å². The second kappa shape index (κ2) is 8.49. The summed E-state index contributed by atoms with van der Waals surface area (Å²) in [6.07, 6.45) is 3.74. The number of amides is 2. The summed E-state index contributed by atoms with van der Waals surface area (Å²) < 4.78 is 1.78. The second-order valence-electron chi connectivity index (χ2n) is 6.23. The molecule has 2 amide bonds. The van der Waals surface area contributed by atoms with Crippen LogP contribution in [0.4, 0.5) is 4.79 Å². The fourth-order valence-electron chi connectivity index (χ4n) is 2.47. The van der Waals surface area contributed by atoms with Crippen LogP contribution < -0.4 is 10.6 Å². The van der Waals surface area contributed by atoms with Gasteiger partial charge in [-0.15, -0.1) is 0 Å². The van der Waals surface area contributed by atoms with Gasteiger partial charge in [-0.05, 0) is 37.0 Å². The lowest BCUT2D eigenvalue weighted by molar-refractivity contribution is 0.116. The van der Waals surface area contributed by atoms with Gasteiger partial charge in [0.05, 0.1) is 17.8 Å². The monoisotopic (exact) mass is 330 g/mol. The van der Waals surface area contributed by atoms with E-state index in [1.54, 1.807) is 10.9 Å². The summed E-state index contributed by atoms with van der Waals surface area (Å²) in [4.78, 5) is 12.0. The van der Waals surface area contributed by atoms with Crippen molar-refractivity contribution in [3.8, 4) is 5.69 Å². The van der Waals surface area contributed by atoms with E-state index >= 15 is 0 Å². The number of aliphatic hydroxyl groups excluding tert-OH is 1. The van der Waals surface area contributed by atoms with Gasteiger partial charge in [-0.2, -0.15) is 5.10 Å². The van der Waals surface area contributed by atoms with E-state index < -0.39 is 6.10 Å². The number of carbonyl (C=O) groups is 1. The molecule has 6 nitrogen and oxygen atoms in total. The Hall–Kier alpha value is -2.34. The largest absolute Gasteiger partial charge is 0.393 e. The highest BCUT2D eigenvalue weighted by Crippen LogP contribution is 2.20. The first-order valence-electron chi connectivity index (χ1n) is 8.30. The molecule has 2 aromatic rings. The van der Waals surface area contributed by atoms with Gasteiger partial charge in [0, 0.05) is 18.9 Å². The maximum absolute atomic E-state index is 12.0. The predicted octanol–water partition coefficient (Wildman–Crippen LogP) is 2.64. The summed E-state index contributed by atoms with van der Waals surface area (Å²) in [6, 6.07) is 9.29. The number of carbonyl (C=O) groups excluding carboxylic acids is 1. The number of para-hydroxylation sites is 1. The number of hydrogen-bond acceptors (Lipinski definition) is 3. The third-order valence-electron chi connectivity index (χ3n) is 4.00. The van der Waals surface area contributed by atoms with Crippen molar-refractivity contribution in [3.63, 3.8) is 0 Å². The van der Waals surface area contributed by atoms with Gasteiger partial charge in [-0.3, -0.25) is 0 Å². The fraction of sp³-hybridized carbons (Fsp3) is 0.444. The predicted molar refractivity (Wildman–Crippen MR) is 94.0 cm³/mol. The van der Waals surface area contributed by atoms with Gasteiger partial charge >= 0.3 is 6.03 Å². The highest BCUT2D eigenvalue weighted by molar-refractivity contribution is 5.74. The quantitative estimate of drug-likeness (QED) is 0.730. The highest BCUT2D eigenvalue weighted by Gasteiger charge is 2.15. The Morgan fingerprint density at radius 2 is 2.00 bits per heavy atom. The van der Waals surface area contributed by atoms with Crippen LogP contribution in [0, 0.1) is 5.92 Å². The van der Waals surface area contributed by atoms with Crippen LogP contribution in [0.3, 0.4) is 0 Å². The van der Waals surface area contributed by atoms with Crippen molar-refractivity contribution in [3.05, 3.63) is 48.3 Å². The van der Waals surface area contributed by atoms with E-state index in [0.717, 1.165) is 11.3 Å². The van der Waals surface area contributed by atoms with Crippen LogP contribution in [-0.2, 0) is 0 Å². The zero-order valence-corrected chi connectivity index (χ0v) is 14.4. The lowest BCUT2D eigenvalue weighted by atomic mass is 10.0. The summed E-state index contributed by atoms with van der Waals surface area (Å²) in [5.74, 6) is 0.190. The molecule has 6 heteroatoms. The molecule has 24 heavy (non-hydrogen) atoms. The lowest BCUT2D eigenvalue weighted by Gasteiger charge is -2.19. The molecule has 0 radical (unpaired) electrons. The molecular weight excluding hydrogens is 304 g/mol. The molecule has 0 aliphatic carbocycles. The molecule has 0 fully saturated rings. The van der Waals surface area contributed by atoms with Crippen LogP contribution in [0.5, 0.6) is 0 Å². The van der Waals surface area contributed by atoms with Crippen molar-refractivity contribution in [1.29, 1.82) is 0 Å². The first kappa shape index (κ1) is 18.0. The Balaban J connectivity index is 1.93.